The number of nitrogens with one attached hydrogen (secondary N) is 1. The minimum Gasteiger partial charge on any atom is -0.397 e. The van der Waals surface area contributed by atoms with Gasteiger partial charge >= 0.3 is 0 Å². The van der Waals surface area contributed by atoms with E-state index in [1.54, 1.807) is 29.8 Å². The molecule has 0 aromatic carbocycles. The first-order valence-corrected chi connectivity index (χ1v) is 7.18. The molecule has 2 aromatic rings. The Morgan fingerprint density at radius 3 is 3.16 bits per heavy atom. The van der Waals surface area contributed by atoms with Crippen LogP contribution in [0.3, 0.4) is 0 Å². The predicted octanol–water partition coefficient (Wildman–Crippen LogP) is 2.33. The Kier molecular flexibility index (Phi) is 4.39. The zero-order valence-corrected chi connectivity index (χ0v) is 11.4. The maximum Gasteiger partial charge on any atom is 0.235 e. The first kappa shape index (κ1) is 13.4. The van der Waals surface area contributed by atoms with Gasteiger partial charge in [-0.05, 0) is 23.6 Å². The van der Waals surface area contributed by atoms with Crippen molar-refractivity contribution < 1.29 is 4.79 Å². The Labute approximate surface area is 118 Å². The van der Waals surface area contributed by atoms with Gasteiger partial charge in [-0.1, -0.05) is 11.8 Å². The average molecular weight is 290 g/mol. The number of aromatic nitrogens is 1. The number of hydrogen-bond acceptors (Lipinski definition) is 6. The minimum absolute atomic E-state index is 0.186. The first-order chi connectivity index (χ1) is 9.20. The molecule has 96 valence electrons. The minimum atomic E-state index is -0.186. The Bertz CT molecular complexity index is 633. The topological polar surface area (TPSA) is 91.8 Å². The summed E-state index contributed by atoms with van der Waals surface area (Å²) >= 11 is 2.59. The lowest BCUT2D eigenvalue weighted by Gasteiger charge is -2.04. The van der Waals surface area contributed by atoms with Crippen molar-refractivity contribution in [2.45, 2.75) is 5.03 Å². The highest BCUT2D eigenvalue weighted by atomic mass is 32.2. The second kappa shape index (κ2) is 6.22. The third-order valence-corrected chi connectivity index (χ3v) is 4.03. The Balaban J connectivity index is 1.93. The van der Waals surface area contributed by atoms with Crippen molar-refractivity contribution in [3.05, 3.63) is 35.3 Å². The molecule has 0 atom stereocenters. The zero-order valence-electron chi connectivity index (χ0n) is 9.79. The van der Waals surface area contributed by atoms with Gasteiger partial charge in [0.2, 0.25) is 5.91 Å². The first-order valence-electron chi connectivity index (χ1n) is 5.31. The van der Waals surface area contributed by atoms with Gasteiger partial charge < -0.3 is 11.1 Å². The summed E-state index contributed by atoms with van der Waals surface area (Å²) in [5, 5.41) is 14.5. The van der Waals surface area contributed by atoms with E-state index in [0.29, 0.717) is 21.3 Å². The summed E-state index contributed by atoms with van der Waals surface area (Å²) in [4.78, 5) is 15.8. The quantitative estimate of drug-likeness (QED) is 0.843. The van der Waals surface area contributed by atoms with Gasteiger partial charge in [-0.3, -0.25) is 4.79 Å². The van der Waals surface area contributed by atoms with E-state index in [0.717, 1.165) is 0 Å². The predicted molar refractivity (Wildman–Crippen MR) is 77.0 cm³/mol. The van der Waals surface area contributed by atoms with Gasteiger partial charge in [0.1, 0.15) is 16.1 Å². The monoisotopic (exact) mass is 290 g/mol. The van der Waals surface area contributed by atoms with Gasteiger partial charge in [-0.2, -0.15) is 5.26 Å². The maximum atomic E-state index is 11.8. The highest BCUT2D eigenvalue weighted by Crippen LogP contribution is 2.24. The number of carbonyl (C=O) groups excluding carboxylic acids is 1. The Hall–Kier alpha value is -2.04. The van der Waals surface area contributed by atoms with Crippen LogP contribution < -0.4 is 11.1 Å². The van der Waals surface area contributed by atoms with E-state index in [2.05, 4.69) is 10.3 Å². The number of nitriles is 1. The molecular weight excluding hydrogens is 280 g/mol. The number of anilines is 2. The third-order valence-electron chi connectivity index (χ3n) is 2.18. The summed E-state index contributed by atoms with van der Waals surface area (Å²) in [5.41, 5.74) is 6.76. The van der Waals surface area contributed by atoms with Crippen molar-refractivity contribution in [1.82, 2.24) is 4.98 Å². The molecule has 3 N–H and O–H groups in total. The lowest BCUT2D eigenvalue weighted by atomic mass is 10.3. The fourth-order valence-electron chi connectivity index (χ4n) is 1.31. The summed E-state index contributed by atoms with van der Waals surface area (Å²) in [5.74, 6) is 0.0123. The van der Waals surface area contributed by atoms with Crippen LogP contribution in [0.15, 0.2) is 34.8 Å². The number of amides is 1. The Morgan fingerprint density at radius 1 is 1.58 bits per heavy atom. The molecule has 1 amide bonds. The highest BCUT2D eigenvalue weighted by Gasteiger charge is 2.09. The van der Waals surface area contributed by atoms with Crippen LogP contribution in [0, 0.1) is 11.3 Å². The van der Waals surface area contributed by atoms with E-state index in [9.17, 15) is 4.79 Å². The number of thioether (sulfide) groups is 1. The second-order valence-corrected chi connectivity index (χ2v) is 5.39. The van der Waals surface area contributed by atoms with Gasteiger partial charge in [0.15, 0.2) is 0 Å². The van der Waals surface area contributed by atoms with Crippen molar-refractivity contribution in [2.24, 2.45) is 0 Å². The number of nitrogen functional groups attached to an aromatic ring is 1. The molecule has 0 fully saturated rings. The summed E-state index contributed by atoms with van der Waals surface area (Å²) in [6.45, 7) is 0. The van der Waals surface area contributed by atoms with Crippen LogP contribution in [-0.4, -0.2) is 16.6 Å². The number of thiophene rings is 1. The largest absolute Gasteiger partial charge is 0.397 e. The van der Waals surface area contributed by atoms with E-state index in [1.807, 2.05) is 6.07 Å². The molecule has 2 rings (SSSR count). The normalized spacial score (nSPS) is 9.84. The van der Waals surface area contributed by atoms with Crippen molar-refractivity contribution in [3.63, 3.8) is 0 Å². The molecule has 0 saturated heterocycles. The lowest BCUT2D eigenvalue weighted by molar-refractivity contribution is -0.113. The van der Waals surface area contributed by atoms with Crippen molar-refractivity contribution >= 4 is 39.7 Å². The SMILES string of the molecule is N#Cc1ccsc1NC(=O)CSc1ncccc1N. The molecule has 0 aliphatic carbocycles. The van der Waals surface area contributed by atoms with Crippen molar-refractivity contribution in [2.75, 3.05) is 16.8 Å². The molecule has 2 aromatic heterocycles. The van der Waals surface area contributed by atoms with E-state index in [-0.39, 0.29) is 11.7 Å². The third kappa shape index (κ3) is 3.47. The number of hydrogen-bond donors (Lipinski definition) is 2. The van der Waals surface area contributed by atoms with Crippen LogP contribution in [0.2, 0.25) is 0 Å². The molecule has 0 spiro atoms. The molecule has 0 bridgehead atoms. The average Bonchev–Trinajstić information content (AvgIpc) is 2.85. The van der Waals surface area contributed by atoms with Gasteiger partial charge in [-0.25, -0.2) is 4.98 Å². The smallest absolute Gasteiger partial charge is 0.235 e. The maximum absolute atomic E-state index is 11.8. The number of nitrogens with zero attached hydrogens (tertiary/aromatic N) is 2. The summed E-state index contributed by atoms with van der Waals surface area (Å²) < 4.78 is 0. The molecule has 0 radical (unpaired) electrons. The number of pyridine rings is 1. The van der Waals surface area contributed by atoms with Crippen LogP contribution in [0.25, 0.3) is 0 Å². The zero-order chi connectivity index (χ0) is 13.7. The van der Waals surface area contributed by atoms with Gasteiger partial charge in [-0.15, -0.1) is 11.3 Å². The number of nitrogens with two attached hydrogens (primary N) is 1. The number of rotatable bonds is 4. The molecule has 5 nitrogen and oxygen atoms in total. The Morgan fingerprint density at radius 2 is 2.42 bits per heavy atom. The number of carbonyl (C=O) groups is 1. The fourth-order valence-corrected chi connectivity index (χ4v) is 2.78. The molecule has 7 heteroatoms. The van der Waals surface area contributed by atoms with E-state index in [1.165, 1.54) is 23.1 Å². The molecule has 0 saturated carbocycles. The molecule has 2 heterocycles. The standard InChI is InChI=1S/C12H10N4OS2/c13-6-8-3-5-18-11(8)16-10(17)7-19-12-9(14)2-1-4-15-12/h1-5H,7,14H2,(H,16,17). The van der Waals surface area contributed by atoms with Crippen LogP contribution in [0.1, 0.15) is 5.56 Å². The van der Waals surface area contributed by atoms with Crippen LogP contribution in [-0.2, 0) is 4.79 Å². The van der Waals surface area contributed by atoms with Gasteiger partial charge in [0.05, 0.1) is 17.0 Å². The van der Waals surface area contributed by atoms with E-state index < -0.39 is 0 Å². The summed E-state index contributed by atoms with van der Waals surface area (Å²) in [7, 11) is 0. The molecule has 0 unspecified atom stereocenters. The van der Waals surface area contributed by atoms with E-state index in [4.69, 9.17) is 11.0 Å². The molecule has 0 aliphatic rings. The molecule has 19 heavy (non-hydrogen) atoms. The molecular formula is C12H10N4OS2. The van der Waals surface area contributed by atoms with Gasteiger partial charge in [0, 0.05) is 6.20 Å². The van der Waals surface area contributed by atoms with Crippen LogP contribution in [0.4, 0.5) is 10.7 Å². The summed E-state index contributed by atoms with van der Waals surface area (Å²) in [6.07, 6.45) is 1.63. The van der Waals surface area contributed by atoms with Crippen LogP contribution >= 0.6 is 23.1 Å². The second-order valence-electron chi connectivity index (χ2n) is 3.51. The van der Waals surface area contributed by atoms with Gasteiger partial charge in [0.25, 0.3) is 0 Å². The highest BCUT2D eigenvalue weighted by molar-refractivity contribution is 8.00. The fraction of sp³-hybridized carbons (Fsp3) is 0.0833. The van der Waals surface area contributed by atoms with Crippen molar-refractivity contribution in [1.29, 1.82) is 5.26 Å². The van der Waals surface area contributed by atoms with Crippen LogP contribution in [0.5, 0.6) is 0 Å². The lowest BCUT2D eigenvalue weighted by Crippen LogP contribution is -2.14. The molecule has 0 aliphatic heterocycles. The summed E-state index contributed by atoms with van der Waals surface area (Å²) in [6, 6.07) is 7.17. The van der Waals surface area contributed by atoms with E-state index >= 15 is 0 Å². The van der Waals surface area contributed by atoms with Crippen molar-refractivity contribution in [3.8, 4) is 6.07 Å².